The molecule has 11 N–H and O–H groups in total. The maximum atomic E-state index is 12.1. The highest BCUT2D eigenvalue weighted by molar-refractivity contribution is 5.75. The van der Waals surface area contributed by atoms with Crippen LogP contribution in [0, 0.1) is 0 Å². The van der Waals surface area contributed by atoms with Crippen LogP contribution in [-0.2, 0) is 33.3 Å². The Morgan fingerprint density at radius 2 is 1.37 bits per heavy atom. The number of aliphatic hydroxyl groups excluding tert-OH is 8. The third-order valence-corrected chi connectivity index (χ3v) is 7.84. The first-order chi connectivity index (χ1) is 19.2. The fourth-order valence-electron chi connectivity index (χ4n) is 5.68. The van der Waals surface area contributed by atoms with E-state index in [9.17, 15) is 50.4 Å². The Hall–Kier alpha value is -1.62. The number of carbonyl (C=O) groups is 2. The van der Waals surface area contributed by atoms with Gasteiger partial charge in [-0.2, -0.15) is 0 Å². The second kappa shape index (κ2) is 12.2. The summed E-state index contributed by atoms with van der Waals surface area (Å²) in [4.78, 5) is 23.9. The van der Waals surface area contributed by atoms with Crippen molar-refractivity contribution in [3.05, 3.63) is 0 Å². The molecule has 0 radical (unpaired) electrons. The van der Waals surface area contributed by atoms with Crippen molar-refractivity contribution in [1.82, 2.24) is 16.0 Å². The quantitative estimate of drug-likeness (QED) is 0.110. The molecule has 0 aromatic carbocycles. The van der Waals surface area contributed by atoms with Crippen molar-refractivity contribution in [2.45, 2.75) is 112 Å². The van der Waals surface area contributed by atoms with E-state index in [1.54, 1.807) is 6.92 Å². The maximum absolute atomic E-state index is 12.1. The van der Waals surface area contributed by atoms with Crippen LogP contribution < -0.4 is 16.0 Å². The van der Waals surface area contributed by atoms with Crippen LogP contribution in [0.1, 0.15) is 20.8 Å². The van der Waals surface area contributed by atoms with Gasteiger partial charge in [-0.15, -0.1) is 0 Å². The first-order valence-electron chi connectivity index (χ1n) is 13.1. The molecule has 0 unspecified atom stereocenters. The zero-order valence-electron chi connectivity index (χ0n) is 22.6. The summed E-state index contributed by atoms with van der Waals surface area (Å²) in [5.41, 5.74) is -2.73. The van der Waals surface area contributed by atoms with Crippen molar-refractivity contribution in [2.24, 2.45) is 0 Å². The second-order valence-electron chi connectivity index (χ2n) is 10.8. The van der Waals surface area contributed by atoms with Gasteiger partial charge in [0.2, 0.25) is 11.8 Å². The van der Waals surface area contributed by atoms with Crippen LogP contribution in [0.3, 0.4) is 0 Å². The molecule has 4 rings (SSSR count). The summed E-state index contributed by atoms with van der Waals surface area (Å²) >= 11 is 0. The van der Waals surface area contributed by atoms with Gasteiger partial charge in [0.1, 0.15) is 67.1 Å². The van der Waals surface area contributed by atoms with Crippen molar-refractivity contribution in [2.75, 3.05) is 19.8 Å². The van der Waals surface area contributed by atoms with Gasteiger partial charge in [0, 0.05) is 13.8 Å². The maximum Gasteiger partial charge on any atom is 0.218 e. The normalized spacial score (nSPS) is 49.6. The molecule has 0 spiro atoms. The van der Waals surface area contributed by atoms with Crippen LogP contribution in [-0.4, -0.2) is 164 Å². The molecule has 0 aliphatic carbocycles. The fourth-order valence-corrected chi connectivity index (χ4v) is 5.68. The number of carbonyl (C=O) groups excluding carboxylic acids is 2. The predicted molar refractivity (Wildman–Crippen MR) is 129 cm³/mol. The van der Waals surface area contributed by atoms with E-state index in [4.69, 9.17) is 23.7 Å². The van der Waals surface area contributed by atoms with Crippen LogP contribution in [0.5, 0.6) is 0 Å². The van der Waals surface area contributed by atoms with Gasteiger partial charge < -0.3 is 75.2 Å². The Balaban J connectivity index is 1.57. The second-order valence-corrected chi connectivity index (χ2v) is 10.8. The van der Waals surface area contributed by atoms with Crippen LogP contribution >= 0.6 is 0 Å². The summed E-state index contributed by atoms with van der Waals surface area (Å²) in [5, 5.41) is 90.4. The van der Waals surface area contributed by atoms with E-state index in [1.165, 1.54) is 6.92 Å². The van der Waals surface area contributed by atoms with Gasteiger partial charge in [-0.05, 0) is 6.92 Å². The molecular formula is C23H39N3O15. The Morgan fingerprint density at radius 3 is 1.93 bits per heavy atom. The van der Waals surface area contributed by atoms with Crippen molar-refractivity contribution in [3.8, 4) is 0 Å². The van der Waals surface area contributed by atoms with Crippen molar-refractivity contribution >= 4 is 11.8 Å². The molecule has 2 amide bonds. The van der Waals surface area contributed by atoms with Gasteiger partial charge in [0.25, 0.3) is 0 Å². The topological polar surface area (TPSA) is 288 Å². The number of hydrogen-bond donors (Lipinski definition) is 11. The molecule has 0 saturated carbocycles. The average molecular weight is 598 g/mol. The summed E-state index contributed by atoms with van der Waals surface area (Å²) in [6.07, 6.45) is -18.7. The molecule has 0 bridgehead atoms. The molecule has 15 atom stereocenters. The van der Waals surface area contributed by atoms with Crippen LogP contribution in [0.15, 0.2) is 0 Å². The van der Waals surface area contributed by atoms with E-state index in [-0.39, 0.29) is 0 Å². The van der Waals surface area contributed by atoms with Gasteiger partial charge >= 0.3 is 0 Å². The molecule has 41 heavy (non-hydrogen) atoms. The monoisotopic (exact) mass is 597 g/mol. The molecule has 4 heterocycles. The summed E-state index contributed by atoms with van der Waals surface area (Å²) < 4.78 is 28.6. The molecule has 4 fully saturated rings. The first kappa shape index (κ1) is 32.3. The first-order valence-corrected chi connectivity index (χ1v) is 13.1. The summed E-state index contributed by atoms with van der Waals surface area (Å²) in [7, 11) is 0. The highest BCUT2D eigenvalue weighted by Crippen LogP contribution is 2.48. The Kier molecular flexibility index (Phi) is 9.59. The van der Waals surface area contributed by atoms with Crippen LogP contribution in [0.25, 0.3) is 0 Å². The summed E-state index contributed by atoms with van der Waals surface area (Å²) in [5.74, 6) is -1.15. The largest absolute Gasteiger partial charge is 0.394 e. The van der Waals surface area contributed by atoms with Crippen molar-refractivity contribution in [1.29, 1.82) is 0 Å². The van der Waals surface area contributed by atoms with E-state index in [0.29, 0.717) is 0 Å². The molecule has 236 valence electrons. The van der Waals surface area contributed by atoms with E-state index >= 15 is 0 Å². The van der Waals surface area contributed by atoms with Crippen LogP contribution in [0.4, 0.5) is 0 Å². The van der Waals surface area contributed by atoms with E-state index in [1.807, 2.05) is 0 Å². The zero-order valence-corrected chi connectivity index (χ0v) is 22.6. The Labute approximate surface area is 234 Å². The summed E-state index contributed by atoms with van der Waals surface area (Å²) in [6, 6.07) is -1.44. The van der Waals surface area contributed by atoms with Crippen LogP contribution in [0.2, 0.25) is 0 Å². The minimum atomic E-state index is -1.84. The minimum Gasteiger partial charge on any atom is -0.394 e. The predicted octanol–water partition coefficient (Wildman–Crippen LogP) is -6.96. The molecule has 4 saturated heterocycles. The van der Waals surface area contributed by atoms with Gasteiger partial charge in [-0.25, -0.2) is 0 Å². The van der Waals surface area contributed by atoms with E-state index in [0.717, 1.165) is 6.92 Å². The fraction of sp³-hybridized carbons (Fsp3) is 0.913. The van der Waals surface area contributed by atoms with Gasteiger partial charge in [0.15, 0.2) is 24.0 Å². The molecule has 0 aromatic rings. The van der Waals surface area contributed by atoms with E-state index in [2.05, 4.69) is 16.0 Å². The van der Waals surface area contributed by atoms with Gasteiger partial charge in [0.05, 0.1) is 19.8 Å². The number of hydrogen-bond acceptors (Lipinski definition) is 16. The molecule has 4 aliphatic heterocycles. The molecule has 0 aromatic heterocycles. The number of amides is 2. The van der Waals surface area contributed by atoms with Crippen molar-refractivity contribution in [3.63, 3.8) is 0 Å². The standard InChI is InChI=1S/C23H39N3O15/c1-7(30)24-12-14(33)17(39-21-16(35)15(34)13(32)9(4-27)37-21)10(5-28)38-20(12)40-18-11(6-29)41-22(3)23(26-22,19(18)36)25-8(2)31/h9-21,26-29,32-36H,4-6H2,1-3H3,(H,24,30)(H,25,31)/t9-,10-,11-,12-,13-,14-,15+,16+,17-,18-,19+,20+,21+,22-,23+/m1/s1. The third-order valence-electron chi connectivity index (χ3n) is 7.84. The zero-order chi connectivity index (χ0) is 30.4. The van der Waals surface area contributed by atoms with Gasteiger partial charge in [-0.3, -0.25) is 14.9 Å². The highest BCUT2D eigenvalue weighted by Gasteiger charge is 2.76. The number of aliphatic hydroxyl groups is 8. The molecular weight excluding hydrogens is 558 g/mol. The number of fused-ring (bicyclic) bond motifs is 1. The molecule has 18 nitrogen and oxygen atoms in total. The lowest BCUT2D eigenvalue weighted by molar-refractivity contribution is -0.357. The third kappa shape index (κ3) is 5.83. The van der Waals surface area contributed by atoms with E-state index < -0.39 is 123 Å². The SMILES string of the molecule is CC(=O)N[C@H]1[C@H](O[C@@H]2[C@@H](CO)O[C@@]3(C)N[C@@]3(NC(C)=O)[C@H]2O)O[C@H](CO)[C@@H](O[C@@H]2O[C@H](CO)[C@@H](O)[C@H](O)[C@@H]2O)[C@@H]1O. The minimum absolute atomic E-state index is 0.501. The number of rotatable bonds is 9. The Morgan fingerprint density at radius 1 is 0.780 bits per heavy atom. The smallest absolute Gasteiger partial charge is 0.218 e. The number of nitrogens with one attached hydrogen (secondary N) is 3. The highest BCUT2D eigenvalue weighted by atomic mass is 16.7. The average Bonchev–Trinajstić information content (AvgIpc) is 3.52. The van der Waals surface area contributed by atoms with Gasteiger partial charge in [-0.1, -0.05) is 0 Å². The lowest BCUT2D eigenvalue weighted by Gasteiger charge is -2.49. The van der Waals surface area contributed by atoms with Crippen molar-refractivity contribution < 1.29 is 74.1 Å². The lowest BCUT2D eigenvalue weighted by atomic mass is 9.92. The Bertz CT molecular complexity index is 961. The lowest BCUT2D eigenvalue weighted by Crippen LogP contribution is -2.70. The molecule has 18 heteroatoms. The summed E-state index contributed by atoms with van der Waals surface area (Å²) in [6.45, 7) is 1.74. The number of ether oxygens (including phenoxy) is 5. The molecule has 4 aliphatic rings.